The number of thiophene rings is 1. The molecule has 2 aromatic heterocycles. The minimum Gasteiger partial charge on any atom is -0.456 e. The fourth-order valence-corrected chi connectivity index (χ4v) is 15.0. The maximum absolute atomic E-state index is 6.53. The smallest absolute Gasteiger partial charge is 0.179 e. The second kappa shape index (κ2) is 14.2. The van der Waals surface area contributed by atoms with Gasteiger partial charge < -0.3 is 9.32 Å². The zero-order chi connectivity index (χ0) is 38.5. The van der Waals surface area contributed by atoms with E-state index in [2.05, 4.69) is 223 Å². The molecule has 0 unspecified atom stereocenters. The van der Waals surface area contributed by atoms with Gasteiger partial charge in [-0.05, 0) is 80.4 Å². The zero-order valence-corrected chi connectivity index (χ0v) is 33.4. The van der Waals surface area contributed by atoms with Gasteiger partial charge in [0.1, 0.15) is 11.2 Å². The summed E-state index contributed by atoms with van der Waals surface area (Å²) in [5, 5.41) is 10.2. The Labute approximate surface area is 342 Å². The number of nitrogens with zero attached hydrogens (tertiary/aromatic N) is 1. The van der Waals surface area contributed by atoms with E-state index in [1.165, 1.54) is 52.0 Å². The van der Waals surface area contributed by atoms with E-state index in [-0.39, 0.29) is 0 Å². The summed E-state index contributed by atoms with van der Waals surface area (Å²) in [6.07, 6.45) is 0. The van der Waals surface area contributed by atoms with Crippen molar-refractivity contribution in [1.82, 2.24) is 0 Å². The number of fused-ring (bicyclic) bond motifs is 6. The highest BCUT2D eigenvalue weighted by Gasteiger charge is 2.41. The Bertz CT molecular complexity index is 3120. The highest BCUT2D eigenvalue weighted by molar-refractivity contribution is 7.26. The Balaban J connectivity index is 1.17. The van der Waals surface area contributed by atoms with Gasteiger partial charge in [-0.25, -0.2) is 0 Å². The molecular formula is C54H37NOSSi. The molecule has 0 N–H and O–H groups in total. The third-order valence-electron chi connectivity index (χ3n) is 11.6. The summed E-state index contributed by atoms with van der Waals surface area (Å²) in [5.74, 6) is 0. The van der Waals surface area contributed by atoms with Crippen LogP contribution in [0.1, 0.15) is 0 Å². The monoisotopic (exact) mass is 775 g/mol. The Morgan fingerprint density at radius 1 is 0.379 bits per heavy atom. The predicted molar refractivity (Wildman–Crippen MR) is 250 cm³/mol. The van der Waals surface area contributed by atoms with Gasteiger partial charge >= 0.3 is 0 Å². The molecule has 0 saturated carbocycles. The average molecular weight is 776 g/mol. The van der Waals surface area contributed by atoms with Gasteiger partial charge in [0.15, 0.2) is 8.07 Å². The largest absolute Gasteiger partial charge is 0.456 e. The molecule has 0 fully saturated rings. The average Bonchev–Trinajstić information content (AvgIpc) is 3.87. The summed E-state index contributed by atoms with van der Waals surface area (Å²) in [4.78, 5) is 2.43. The van der Waals surface area contributed by atoms with Crippen LogP contribution in [0, 0.1) is 0 Å². The first-order chi connectivity index (χ1) is 28.8. The Morgan fingerprint density at radius 2 is 0.897 bits per heavy atom. The van der Waals surface area contributed by atoms with Crippen LogP contribution in [0.3, 0.4) is 0 Å². The van der Waals surface area contributed by atoms with Gasteiger partial charge in [-0.3, -0.25) is 0 Å². The number of rotatable bonds is 8. The first-order valence-electron chi connectivity index (χ1n) is 19.8. The van der Waals surface area contributed by atoms with Crippen LogP contribution >= 0.6 is 11.3 Å². The fraction of sp³-hybridized carbons (Fsp3) is 0. The van der Waals surface area contributed by atoms with Crippen molar-refractivity contribution >= 4 is 99.3 Å². The van der Waals surface area contributed by atoms with E-state index in [9.17, 15) is 0 Å². The molecule has 58 heavy (non-hydrogen) atoms. The highest BCUT2D eigenvalue weighted by atomic mass is 32.1. The molecule has 9 aromatic carbocycles. The molecule has 0 saturated heterocycles. The van der Waals surface area contributed by atoms with Crippen molar-refractivity contribution in [1.29, 1.82) is 0 Å². The van der Waals surface area contributed by atoms with Crippen LogP contribution in [0.5, 0.6) is 0 Å². The molecule has 11 aromatic rings. The molecule has 0 aliphatic rings. The maximum atomic E-state index is 6.53. The van der Waals surface area contributed by atoms with Crippen molar-refractivity contribution in [3.63, 3.8) is 0 Å². The number of furan rings is 1. The van der Waals surface area contributed by atoms with E-state index in [1.807, 2.05) is 17.4 Å². The minimum absolute atomic E-state index is 0.872. The third kappa shape index (κ3) is 5.53. The first-order valence-corrected chi connectivity index (χ1v) is 22.6. The van der Waals surface area contributed by atoms with Crippen LogP contribution in [0.25, 0.3) is 53.2 Å². The standard InChI is InChI=1S/C54H37NOSSi/c1-5-17-38(18-6-1)45-26-15-29-51-53(45)54-48(27-16-30-52(54)57-51)55(40-33-36-47-46-25-13-14-28-49(46)56-50(47)37-40)39-31-34-44(35-32-39)58(41-19-7-2-8-20-41,42-21-9-3-10-22-42)43-23-11-4-12-24-43/h1-37H. The normalized spacial score (nSPS) is 11.8. The molecule has 0 spiro atoms. The molecule has 274 valence electrons. The number of benzene rings is 9. The molecule has 0 amide bonds. The topological polar surface area (TPSA) is 16.4 Å². The van der Waals surface area contributed by atoms with E-state index in [4.69, 9.17) is 4.42 Å². The second-order valence-corrected chi connectivity index (χ2v) is 19.7. The van der Waals surface area contributed by atoms with Crippen LogP contribution in [-0.2, 0) is 0 Å². The lowest BCUT2D eigenvalue weighted by atomic mass is 9.98. The van der Waals surface area contributed by atoms with Gasteiger partial charge in [-0.1, -0.05) is 170 Å². The van der Waals surface area contributed by atoms with Crippen molar-refractivity contribution in [3.05, 3.63) is 224 Å². The summed E-state index contributed by atoms with van der Waals surface area (Å²) >= 11 is 1.86. The third-order valence-corrected chi connectivity index (χ3v) is 17.5. The molecule has 0 bridgehead atoms. The molecule has 0 aliphatic heterocycles. The lowest BCUT2D eigenvalue weighted by Crippen LogP contribution is -2.74. The van der Waals surface area contributed by atoms with Crippen molar-refractivity contribution in [2.75, 3.05) is 4.90 Å². The molecule has 2 nitrogen and oxygen atoms in total. The summed E-state index contributed by atoms with van der Waals surface area (Å²) in [5.41, 5.74) is 7.48. The molecular weight excluding hydrogens is 739 g/mol. The van der Waals surface area contributed by atoms with Crippen molar-refractivity contribution in [2.24, 2.45) is 0 Å². The summed E-state index contributed by atoms with van der Waals surface area (Å²) in [6, 6.07) is 82.1. The maximum Gasteiger partial charge on any atom is 0.179 e. The number of hydrogen-bond acceptors (Lipinski definition) is 3. The minimum atomic E-state index is -2.72. The molecule has 0 atom stereocenters. The summed E-state index contributed by atoms with van der Waals surface area (Å²) in [7, 11) is -2.72. The van der Waals surface area contributed by atoms with E-state index in [0.29, 0.717) is 0 Å². The van der Waals surface area contributed by atoms with E-state index in [0.717, 1.165) is 39.0 Å². The molecule has 2 heterocycles. The van der Waals surface area contributed by atoms with Crippen LogP contribution in [0.4, 0.5) is 17.1 Å². The van der Waals surface area contributed by atoms with Crippen LogP contribution in [0.15, 0.2) is 229 Å². The van der Waals surface area contributed by atoms with Gasteiger partial charge in [0.2, 0.25) is 0 Å². The molecule has 0 radical (unpaired) electrons. The number of hydrogen-bond donors (Lipinski definition) is 0. The van der Waals surface area contributed by atoms with Crippen LogP contribution in [-0.4, -0.2) is 8.07 Å². The predicted octanol–water partition coefficient (Wildman–Crippen LogP) is 12.5. The van der Waals surface area contributed by atoms with E-state index >= 15 is 0 Å². The van der Waals surface area contributed by atoms with Gasteiger partial charge in [-0.15, -0.1) is 11.3 Å². The van der Waals surface area contributed by atoms with E-state index < -0.39 is 8.07 Å². The SMILES string of the molecule is c1ccc(-c2cccc3sc4cccc(N(c5ccc([Si](c6ccccc6)(c6ccccc6)c6ccccc6)cc5)c5ccc6c(c5)oc5ccccc56)c4c23)cc1. The number of para-hydroxylation sites is 1. The van der Waals surface area contributed by atoms with E-state index in [1.54, 1.807) is 0 Å². The van der Waals surface area contributed by atoms with Crippen LogP contribution in [0.2, 0.25) is 0 Å². The van der Waals surface area contributed by atoms with Crippen molar-refractivity contribution in [3.8, 4) is 11.1 Å². The number of anilines is 3. The van der Waals surface area contributed by atoms with Gasteiger partial charge in [0.05, 0.1) is 5.69 Å². The lowest BCUT2D eigenvalue weighted by Gasteiger charge is -2.35. The highest BCUT2D eigenvalue weighted by Crippen LogP contribution is 2.48. The molecule has 11 rings (SSSR count). The zero-order valence-electron chi connectivity index (χ0n) is 31.6. The second-order valence-electron chi connectivity index (χ2n) is 14.8. The van der Waals surface area contributed by atoms with Crippen LogP contribution < -0.4 is 25.6 Å². The van der Waals surface area contributed by atoms with Gasteiger partial charge in [0.25, 0.3) is 0 Å². The van der Waals surface area contributed by atoms with Crippen molar-refractivity contribution in [2.45, 2.75) is 0 Å². The van der Waals surface area contributed by atoms with Gasteiger partial charge in [0, 0.05) is 48.4 Å². The quantitative estimate of drug-likeness (QED) is 0.113. The summed E-state index contributed by atoms with van der Waals surface area (Å²) < 4.78 is 9.06. The Hall–Kier alpha value is -6.98. The molecule has 0 aliphatic carbocycles. The Kier molecular flexibility index (Phi) is 8.39. The van der Waals surface area contributed by atoms with Crippen molar-refractivity contribution < 1.29 is 4.42 Å². The van der Waals surface area contributed by atoms with Gasteiger partial charge in [-0.2, -0.15) is 0 Å². The fourth-order valence-electron chi connectivity index (χ4n) is 9.10. The summed E-state index contributed by atoms with van der Waals surface area (Å²) in [6.45, 7) is 0. The molecule has 4 heteroatoms. The lowest BCUT2D eigenvalue weighted by molar-refractivity contribution is 0.669. The Morgan fingerprint density at radius 3 is 1.55 bits per heavy atom. The first kappa shape index (κ1) is 34.3.